The third-order valence-corrected chi connectivity index (χ3v) is 6.90. The van der Waals surface area contributed by atoms with Gasteiger partial charge in [0.1, 0.15) is 5.75 Å². The Labute approximate surface area is 246 Å². The highest BCUT2D eigenvalue weighted by molar-refractivity contribution is 6.31. The molecule has 0 saturated heterocycles. The summed E-state index contributed by atoms with van der Waals surface area (Å²) in [6.07, 6.45) is 0. The summed E-state index contributed by atoms with van der Waals surface area (Å²) < 4.78 is 21.4. The van der Waals surface area contributed by atoms with Gasteiger partial charge in [-0.15, -0.1) is 0 Å². The van der Waals surface area contributed by atoms with Crippen molar-refractivity contribution in [3.63, 3.8) is 0 Å². The normalized spacial score (nSPS) is 14.8. The van der Waals surface area contributed by atoms with Crippen LogP contribution in [0.2, 0.25) is 5.02 Å². The summed E-state index contributed by atoms with van der Waals surface area (Å²) in [5.74, 6) is -2.01. The van der Waals surface area contributed by atoms with E-state index in [9.17, 15) is 19.2 Å². The zero-order chi connectivity index (χ0) is 30.2. The summed E-state index contributed by atoms with van der Waals surface area (Å²) in [6.45, 7) is 1.74. The molecule has 0 radical (unpaired) electrons. The fraction of sp³-hybridized carbons (Fsp3) is 0.267. The van der Waals surface area contributed by atoms with Crippen molar-refractivity contribution in [3.8, 4) is 5.75 Å². The summed E-state index contributed by atoms with van der Waals surface area (Å²) >= 11 is 6.49. The van der Waals surface area contributed by atoms with Crippen molar-refractivity contribution in [1.82, 2.24) is 15.6 Å². The Balaban J connectivity index is 1.38. The summed E-state index contributed by atoms with van der Waals surface area (Å²) in [4.78, 5) is 52.2. The predicted molar refractivity (Wildman–Crippen MR) is 155 cm³/mol. The van der Waals surface area contributed by atoms with Crippen LogP contribution < -0.4 is 20.9 Å². The standard InChI is InChI=1S/C30H30ClN3O8/c1-17-26(29(37)39-2)27(20-6-4-5-7-21(20)31)28(30(38)40-3)23(33-17)15-41-13-12-32-25(36)16-42-19-9-10-22-18(14-19)8-11-24(35)34-22/h4-11,14,27,33H,12-13,15-16H2,1-3H3,(H,32,36)(H,34,35). The third-order valence-electron chi connectivity index (χ3n) is 6.55. The molecule has 42 heavy (non-hydrogen) atoms. The van der Waals surface area contributed by atoms with Crippen molar-refractivity contribution in [3.05, 3.63) is 98.1 Å². The van der Waals surface area contributed by atoms with Gasteiger partial charge in [-0.25, -0.2) is 9.59 Å². The average molecular weight is 596 g/mol. The lowest BCUT2D eigenvalue weighted by molar-refractivity contribution is -0.137. The topological polar surface area (TPSA) is 145 Å². The SMILES string of the molecule is COC(=O)C1=C(C)NC(COCCNC(=O)COc2ccc3[nH]c(=O)ccc3c2)=C(C(=O)OC)C1c1ccccc1Cl. The van der Waals surface area contributed by atoms with Crippen LogP contribution in [0.1, 0.15) is 18.4 Å². The average Bonchev–Trinajstić information content (AvgIpc) is 2.99. The first-order valence-electron chi connectivity index (χ1n) is 13.0. The number of methoxy groups -OCH3 is 2. The minimum atomic E-state index is -0.856. The van der Waals surface area contributed by atoms with Gasteiger partial charge >= 0.3 is 11.9 Å². The Morgan fingerprint density at radius 2 is 1.71 bits per heavy atom. The van der Waals surface area contributed by atoms with Gasteiger partial charge in [0.15, 0.2) is 6.61 Å². The number of pyridine rings is 1. The summed E-state index contributed by atoms with van der Waals surface area (Å²) in [7, 11) is 2.51. The van der Waals surface area contributed by atoms with Crippen LogP contribution in [0.4, 0.5) is 0 Å². The molecule has 0 spiro atoms. The molecule has 1 atom stereocenters. The van der Waals surface area contributed by atoms with E-state index < -0.39 is 17.9 Å². The molecule has 2 heterocycles. The molecule has 3 N–H and O–H groups in total. The number of nitrogens with one attached hydrogen (secondary N) is 3. The number of rotatable bonds is 11. The lowest BCUT2D eigenvalue weighted by atomic mass is 9.80. The molecule has 12 heteroatoms. The van der Waals surface area contributed by atoms with Crippen LogP contribution >= 0.6 is 11.6 Å². The molecule has 3 aromatic rings. The van der Waals surface area contributed by atoms with Crippen LogP contribution in [-0.4, -0.2) is 63.4 Å². The Morgan fingerprint density at radius 3 is 2.45 bits per heavy atom. The minimum absolute atomic E-state index is 0.0390. The molecule has 220 valence electrons. The first-order valence-corrected chi connectivity index (χ1v) is 13.3. The largest absolute Gasteiger partial charge is 0.484 e. The van der Waals surface area contributed by atoms with E-state index in [1.165, 1.54) is 20.3 Å². The highest BCUT2D eigenvalue weighted by Gasteiger charge is 2.39. The molecule has 0 fully saturated rings. The summed E-state index contributed by atoms with van der Waals surface area (Å²) in [5.41, 5.74) is 2.25. The highest BCUT2D eigenvalue weighted by Crippen LogP contribution is 2.41. The zero-order valence-corrected chi connectivity index (χ0v) is 24.0. The van der Waals surface area contributed by atoms with Crippen molar-refractivity contribution in [1.29, 1.82) is 0 Å². The van der Waals surface area contributed by atoms with Crippen molar-refractivity contribution < 1.29 is 33.3 Å². The number of H-pyrrole nitrogens is 1. The number of fused-ring (bicyclic) bond motifs is 1. The van der Waals surface area contributed by atoms with Gasteiger partial charge in [0.2, 0.25) is 5.56 Å². The minimum Gasteiger partial charge on any atom is -0.484 e. The van der Waals surface area contributed by atoms with Crippen LogP contribution in [0.3, 0.4) is 0 Å². The van der Waals surface area contributed by atoms with E-state index in [-0.39, 0.29) is 49.0 Å². The number of ether oxygens (including phenoxy) is 4. The number of carbonyl (C=O) groups is 3. The van der Waals surface area contributed by atoms with E-state index in [4.69, 9.17) is 30.5 Å². The number of halogens is 1. The van der Waals surface area contributed by atoms with Gasteiger partial charge in [0.05, 0.1) is 50.2 Å². The lowest BCUT2D eigenvalue weighted by Crippen LogP contribution is -2.35. The lowest BCUT2D eigenvalue weighted by Gasteiger charge is -2.31. The second kappa shape index (κ2) is 13.8. The molecule has 1 unspecified atom stereocenters. The van der Waals surface area contributed by atoms with E-state index in [0.29, 0.717) is 33.2 Å². The quantitative estimate of drug-likeness (QED) is 0.225. The zero-order valence-electron chi connectivity index (χ0n) is 23.2. The van der Waals surface area contributed by atoms with Crippen LogP contribution in [0.25, 0.3) is 10.9 Å². The van der Waals surface area contributed by atoms with Gasteiger partial charge in [-0.05, 0) is 42.8 Å². The van der Waals surface area contributed by atoms with E-state index in [2.05, 4.69) is 15.6 Å². The molecule has 1 amide bonds. The smallest absolute Gasteiger partial charge is 0.336 e. The molecular weight excluding hydrogens is 566 g/mol. The Kier molecular flexibility index (Phi) is 10.00. The molecule has 1 aliphatic heterocycles. The number of carbonyl (C=O) groups excluding carboxylic acids is 3. The van der Waals surface area contributed by atoms with Crippen LogP contribution in [0, 0.1) is 0 Å². The predicted octanol–water partition coefficient (Wildman–Crippen LogP) is 2.95. The Hall–Kier alpha value is -4.61. The third kappa shape index (κ3) is 6.99. The van der Waals surface area contributed by atoms with Gasteiger partial charge < -0.3 is 34.6 Å². The monoisotopic (exact) mass is 595 g/mol. The molecule has 1 aromatic heterocycles. The van der Waals surface area contributed by atoms with Gasteiger partial charge in [-0.1, -0.05) is 29.8 Å². The van der Waals surface area contributed by atoms with Crippen molar-refractivity contribution in [2.45, 2.75) is 12.8 Å². The van der Waals surface area contributed by atoms with E-state index >= 15 is 0 Å². The van der Waals surface area contributed by atoms with Crippen LogP contribution in [-0.2, 0) is 28.6 Å². The molecule has 0 bridgehead atoms. The summed E-state index contributed by atoms with van der Waals surface area (Å²) in [6, 6.07) is 15.1. The van der Waals surface area contributed by atoms with Gasteiger partial charge in [0.25, 0.3) is 5.91 Å². The second-order valence-corrected chi connectivity index (χ2v) is 9.66. The molecule has 11 nitrogen and oxygen atoms in total. The summed E-state index contributed by atoms with van der Waals surface area (Å²) in [5, 5.41) is 6.93. The number of allylic oxidation sites excluding steroid dienone is 1. The van der Waals surface area contributed by atoms with E-state index in [1.807, 2.05) is 0 Å². The van der Waals surface area contributed by atoms with Crippen molar-refractivity contribution >= 4 is 40.3 Å². The number of benzene rings is 2. The van der Waals surface area contributed by atoms with Crippen LogP contribution in [0.15, 0.2) is 81.9 Å². The number of esters is 2. The first-order chi connectivity index (χ1) is 20.2. The maximum absolute atomic E-state index is 13.0. The fourth-order valence-corrected chi connectivity index (χ4v) is 4.87. The maximum Gasteiger partial charge on any atom is 0.336 e. The fourth-order valence-electron chi connectivity index (χ4n) is 4.62. The molecule has 0 saturated carbocycles. The number of aromatic amines is 1. The second-order valence-electron chi connectivity index (χ2n) is 9.26. The van der Waals surface area contributed by atoms with Gasteiger partial charge in [-0.3, -0.25) is 9.59 Å². The maximum atomic E-state index is 13.0. The number of hydrogen-bond acceptors (Lipinski definition) is 9. The molecular formula is C30H30ClN3O8. The Bertz CT molecular complexity index is 1630. The van der Waals surface area contributed by atoms with Crippen molar-refractivity contribution in [2.24, 2.45) is 0 Å². The first kappa shape index (κ1) is 30.4. The molecule has 4 rings (SSSR count). The number of dihydropyridines is 1. The molecule has 0 aliphatic carbocycles. The Morgan fingerprint density at radius 1 is 0.976 bits per heavy atom. The number of amides is 1. The van der Waals surface area contributed by atoms with Crippen molar-refractivity contribution in [2.75, 3.05) is 40.6 Å². The number of aromatic nitrogens is 1. The highest BCUT2D eigenvalue weighted by atomic mass is 35.5. The van der Waals surface area contributed by atoms with Gasteiger partial charge in [-0.2, -0.15) is 0 Å². The van der Waals surface area contributed by atoms with Gasteiger partial charge in [0, 0.05) is 34.2 Å². The van der Waals surface area contributed by atoms with E-state index in [1.54, 1.807) is 55.5 Å². The van der Waals surface area contributed by atoms with E-state index in [0.717, 1.165) is 5.39 Å². The molecule has 2 aromatic carbocycles. The van der Waals surface area contributed by atoms with Crippen LogP contribution in [0.5, 0.6) is 5.75 Å². The molecule has 1 aliphatic rings. The number of hydrogen-bond donors (Lipinski definition) is 3.